The first-order valence-corrected chi connectivity index (χ1v) is 37.1. The molecule has 0 amide bonds. The molecule has 18 heteroatoms. The molecule has 0 heterocycles. The van der Waals surface area contributed by atoms with Crippen molar-refractivity contribution in [3.63, 3.8) is 0 Å². The average molecular weight is 1320 g/mol. The van der Waals surface area contributed by atoms with Crippen LogP contribution in [0.3, 0.4) is 0 Å². The topological polar surface area (TPSA) is 231 Å². The molecule has 0 fully saturated rings. The van der Waals surface area contributed by atoms with Crippen LogP contribution < -0.4 is 0 Å². The highest BCUT2D eigenvalue weighted by Crippen LogP contribution is 2.45. The molecular formula is C73H120O16P2. The van der Waals surface area contributed by atoms with Crippen molar-refractivity contribution in [2.75, 3.05) is 39.6 Å². The van der Waals surface area contributed by atoms with Crippen molar-refractivity contribution in [1.82, 2.24) is 0 Å². The normalized spacial score (nSPS) is 15.1. The van der Waals surface area contributed by atoms with E-state index in [1.54, 1.807) is 0 Å². The molecule has 0 saturated heterocycles. The second-order valence-electron chi connectivity index (χ2n) is 22.2. The van der Waals surface area contributed by atoms with E-state index in [1.807, 2.05) is 18.2 Å². The number of rotatable bonds is 63. The number of esters is 3. The second kappa shape index (κ2) is 65.5. The zero-order valence-corrected chi connectivity index (χ0v) is 57.7. The van der Waals surface area contributed by atoms with Gasteiger partial charge in [0.15, 0.2) is 6.10 Å². The van der Waals surface area contributed by atoms with Crippen LogP contribution in [0, 0.1) is 0 Å². The SMILES string of the molecule is CC/C=C\C/C=C\C/C=C\C/C=C\C/C=C\C/C=C\CCC(=O)OCC(COP(=O)(O)OCC(O)COP(=O)(O)OCC(O)COC(=O)CCCCCCCCC/C=C\C/C=C\C/C=C\C/C=C\C/C=C\CC)OC(=O)CCCCCCC/C=C\CCCCCC. The van der Waals surface area contributed by atoms with Gasteiger partial charge in [0.25, 0.3) is 0 Å². The maximum absolute atomic E-state index is 12.9. The number of aliphatic hydroxyl groups excluding tert-OH is 2. The number of carbonyl (C=O) groups is 3. The molecule has 0 aliphatic heterocycles. The quantitative estimate of drug-likeness (QED) is 0.0146. The standard InChI is InChI=1S/C73H120O16P2/c1-4-7-10-13-16-19-22-25-27-29-31-32-33-34-36-38-39-42-44-47-50-53-56-59-71(76)83-62-68(74)63-85-90(79,80)86-64-69(75)65-87-91(81,82)88-67-70(89-73(78)61-58-55-52-49-46-41-24-21-18-15-12-9-6-3)66-84-72(77)60-57-54-51-48-45-43-40-37-35-30-28-26-23-20-17-14-11-8-5-2/h7-8,10-11,16-17,19-21,24-28,31-32,34-37,43,45,51,54,68-70,74-75H,4-6,9,12-15,18,22-23,29-30,33,38-42,44,46-50,52-53,55-67H2,1-3H3,(H,79,80)(H,81,82)/b10-7-,11-8-,19-16-,20-17-,24-21-,27-25-,28-26-,32-31-,36-34-,37-35-,45-43-,54-51-. The van der Waals surface area contributed by atoms with Crippen LogP contribution in [-0.4, -0.2) is 95.9 Å². The highest BCUT2D eigenvalue weighted by molar-refractivity contribution is 7.47. The molecule has 4 N–H and O–H groups in total. The van der Waals surface area contributed by atoms with Gasteiger partial charge < -0.3 is 34.2 Å². The summed E-state index contributed by atoms with van der Waals surface area (Å²) in [5, 5.41) is 20.5. The van der Waals surface area contributed by atoms with Crippen LogP contribution in [0.5, 0.6) is 0 Å². The molecule has 0 aliphatic rings. The molecule has 16 nitrogen and oxygen atoms in total. The summed E-state index contributed by atoms with van der Waals surface area (Å²) in [4.78, 5) is 58.3. The van der Waals surface area contributed by atoms with Crippen LogP contribution in [0.2, 0.25) is 0 Å². The van der Waals surface area contributed by atoms with Crippen LogP contribution in [-0.2, 0) is 55.8 Å². The fraction of sp³-hybridized carbons (Fsp3) is 0.630. The third-order valence-corrected chi connectivity index (χ3v) is 15.4. The van der Waals surface area contributed by atoms with E-state index in [-0.39, 0.29) is 19.3 Å². The summed E-state index contributed by atoms with van der Waals surface area (Å²) < 4.78 is 60.7. The molecular weight excluding hydrogens is 1190 g/mol. The fourth-order valence-electron chi connectivity index (χ4n) is 8.38. The number of aliphatic hydroxyl groups is 2. The minimum atomic E-state index is -4.95. The van der Waals surface area contributed by atoms with Gasteiger partial charge >= 0.3 is 33.6 Å². The van der Waals surface area contributed by atoms with Crippen molar-refractivity contribution in [2.24, 2.45) is 0 Å². The number of phosphoric acid groups is 2. The van der Waals surface area contributed by atoms with Crippen LogP contribution >= 0.6 is 15.6 Å². The number of phosphoric ester groups is 2. The van der Waals surface area contributed by atoms with Crippen LogP contribution in [0.1, 0.15) is 239 Å². The Hall–Kier alpha value is -4.57. The number of hydrogen-bond donors (Lipinski definition) is 4. The number of allylic oxidation sites excluding steroid dienone is 24. The minimum Gasteiger partial charge on any atom is -0.463 e. The number of ether oxygens (including phenoxy) is 3. The molecule has 5 atom stereocenters. The second-order valence-corrected chi connectivity index (χ2v) is 25.1. The first-order valence-electron chi connectivity index (χ1n) is 34.1. The van der Waals surface area contributed by atoms with E-state index in [9.17, 15) is 43.5 Å². The van der Waals surface area contributed by atoms with Crippen molar-refractivity contribution in [3.8, 4) is 0 Å². The van der Waals surface area contributed by atoms with Crippen LogP contribution in [0.4, 0.5) is 0 Å². The van der Waals surface area contributed by atoms with E-state index in [4.69, 9.17) is 32.3 Å². The molecule has 0 radical (unpaired) electrons. The smallest absolute Gasteiger partial charge is 0.463 e. The lowest BCUT2D eigenvalue weighted by Crippen LogP contribution is -2.30. The number of unbranched alkanes of at least 4 members (excludes halogenated alkanes) is 16. The molecule has 0 rings (SSSR count). The van der Waals surface area contributed by atoms with E-state index in [0.717, 1.165) is 148 Å². The Labute approximate surface area is 549 Å². The number of carbonyl (C=O) groups excluding carboxylic acids is 3. The van der Waals surface area contributed by atoms with Crippen LogP contribution in [0.15, 0.2) is 146 Å². The molecule has 0 aromatic heterocycles. The van der Waals surface area contributed by atoms with Gasteiger partial charge in [0.1, 0.15) is 25.4 Å². The summed E-state index contributed by atoms with van der Waals surface area (Å²) >= 11 is 0. The van der Waals surface area contributed by atoms with Crippen molar-refractivity contribution in [2.45, 2.75) is 257 Å². The highest BCUT2D eigenvalue weighted by atomic mass is 31.2. The van der Waals surface area contributed by atoms with E-state index in [1.165, 1.54) is 25.7 Å². The van der Waals surface area contributed by atoms with Crippen molar-refractivity contribution < 1.29 is 75.8 Å². The van der Waals surface area contributed by atoms with E-state index < -0.39 is 91.5 Å². The van der Waals surface area contributed by atoms with Crippen molar-refractivity contribution in [1.29, 1.82) is 0 Å². The Bertz CT molecular complexity index is 2240. The summed E-state index contributed by atoms with van der Waals surface area (Å²) in [5.41, 5.74) is 0. The third kappa shape index (κ3) is 66.7. The predicted octanol–water partition coefficient (Wildman–Crippen LogP) is 19.0. The van der Waals surface area contributed by atoms with Crippen LogP contribution in [0.25, 0.3) is 0 Å². The zero-order chi connectivity index (χ0) is 66.7. The molecule has 0 aromatic rings. The maximum atomic E-state index is 12.9. The van der Waals surface area contributed by atoms with Gasteiger partial charge in [0, 0.05) is 19.3 Å². The van der Waals surface area contributed by atoms with Gasteiger partial charge in [-0.1, -0.05) is 237 Å². The average Bonchev–Trinajstić information content (AvgIpc) is 3.74. The maximum Gasteiger partial charge on any atom is 0.472 e. The van der Waals surface area contributed by atoms with Gasteiger partial charge in [0.2, 0.25) is 0 Å². The minimum absolute atomic E-state index is 0.0393. The summed E-state index contributed by atoms with van der Waals surface area (Å²) in [6, 6.07) is 0. The Morgan fingerprint density at radius 1 is 0.319 bits per heavy atom. The third-order valence-electron chi connectivity index (χ3n) is 13.5. The molecule has 0 bridgehead atoms. The van der Waals surface area contributed by atoms with Gasteiger partial charge in [0.05, 0.1) is 26.4 Å². The first kappa shape index (κ1) is 86.4. The summed E-state index contributed by atoms with van der Waals surface area (Å²) in [6.45, 7) is 2.28. The van der Waals surface area contributed by atoms with Gasteiger partial charge in [-0.15, -0.1) is 0 Å². The molecule has 0 spiro atoms. The Balaban J connectivity index is 4.69. The van der Waals surface area contributed by atoms with Crippen molar-refractivity contribution >= 4 is 33.6 Å². The summed E-state index contributed by atoms with van der Waals surface area (Å²) in [7, 11) is -9.81. The van der Waals surface area contributed by atoms with E-state index in [2.05, 4.69) is 148 Å². The molecule has 91 heavy (non-hydrogen) atoms. The van der Waals surface area contributed by atoms with E-state index in [0.29, 0.717) is 25.7 Å². The van der Waals surface area contributed by atoms with E-state index >= 15 is 0 Å². The molecule has 0 aromatic carbocycles. The van der Waals surface area contributed by atoms with Gasteiger partial charge in [-0.05, 0) is 128 Å². The molecule has 0 saturated carbocycles. The molecule has 0 aliphatic carbocycles. The van der Waals surface area contributed by atoms with Gasteiger partial charge in [-0.3, -0.25) is 32.5 Å². The highest BCUT2D eigenvalue weighted by Gasteiger charge is 2.29. The summed E-state index contributed by atoms with van der Waals surface area (Å²) in [6.07, 6.45) is 77.7. The van der Waals surface area contributed by atoms with Gasteiger partial charge in [-0.2, -0.15) is 0 Å². The largest absolute Gasteiger partial charge is 0.472 e. The Morgan fingerprint density at radius 2 is 0.604 bits per heavy atom. The lowest BCUT2D eigenvalue weighted by molar-refractivity contribution is -0.161. The van der Waals surface area contributed by atoms with Gasteiger partial charge in [-0.25, -0.2) is 9.13 Å². The monoisotopic (exact) mass is 1310 g/mol. The summed E-state index contributed by atoms with van der Waals surface area (Å²) in [5.74, 6) is -1.70. The Kier molecular flexibility index (Phi) is 62.2. The lowest BCUT2D eigenvalue weighted by Gasteiger charge is -2.21. The Morgan fingerprint density at radius 3 is 1.00 bits per heavy atom. The molecule has 5 unspecified atom stereocenters. The number of hydrogen-bond acceptors (Lipinski definition) is 14. The first-order chi connectivity index (χ1) is 44.2. The molecule has 518 valence electrons. The zero-order valence-electron chi connectivity index (χ0n) is 56.0. The van der Waals surface area contributed by atoms with Crippen molar-refractivity contribution in [3.05, 3.63) is 146 Å². The lowest BCUT2D eigenvalue weighted by atomic mass is 10.1. The predicted molar refractivity (Wildman–Crippen MR) is 371 cm³/mol. The fourth-order valence-corrected chi connectivity index (χ4v) is 9.97.